The molecule has 7 heteroatoms. The van der Waals surface area contributed by atoms with Crippen molar-refractivity contribution >= 4 is 17.3 Å². The smallest absolute Gasteiger partial charge is 0.291 e. The van der Waals surface area contributed by atoms with Gasteiger partial charge in [-0.2, -0.15) is 5.10 Å². The molecule has 6 nitrogen and oxygen atoms in total. The molecule has 3 rings (SSSR count). The summed E-state index contributed by atoms with van der Waals surface area (Å²) in [6, 6.07) is 1.80. The molecule has 110 valence electrons. The van der Waals surface area contributed by atoms with Gasteiger partial charge >= 0.3 is 0 Å². The van der Waals surface area contributed by atoms with Crippen LogP contribution in [0, 0.1) is 12.8 Å². The van der Waals surface area contributed by atoms with Crippen molar-refractivity contribution in [2.24, 2.45) is 5.92 Å². The van der Waals surface area contributed by atoms with Gasteiger partial charge < -0.3 is 5.32 Å². The number of aromatic nitrogens is 4. The maximum Gasteiger partial charge on any atom is 0.291 e. The van der Waals surface area contributed by atoms with Gasteiger partial charge in [-0.3, -0.25) is 4.79 Å². The summed E-state index contributed by atoms with van der Waals surface area (Å²) in [5, 5.41) is 7.49. The second-order valence-corrected chi connectivity index (χ2v) is 5.65. The molecule has 0 bridgehead atoms. The lowest BCUT2D eigenvalue weighted by Gasteiger charge is -2.10. The molecule has 1 saturated carbocycles. The van der Waals surface area contributed by atoms with E-state index >= 15 is 0 Å². The number of hydrogen-bond donors (Lipinski definition) is 1. The molecule has 1 aliphatic carbocycles. The van der Waals surface area contributed by atoms with Crippen LogP contribution in [0.3, 0.4) is 0 Å². The fourth-order valence-corrected chi connectivity index (χ4v) is 2.28. The summed E-state index contributed by atoms with van der Waals surface area (Å²) < 4.78 is 1.48. The molecule has 0 saturated heterocycles. The predicted octanol–water partition coefficient (Wildman–Crippen LogP) is 2.02. The van der Waals surface area contributed by atoms with Gasteiger partial charge in [-0.15, -0.1) is 0 Å². The zero-order chi connectivity index (χ0) is 14.8. The minimum Gasteiger partial charge on any atom is -0.374 e. The van der Waals surface area contributed by atoms with Gasteiger partial charge in [-0.1, -0.05) is 11.6 Å². The maximum atomic E-state index is 12.4. The molecule has 2 aromatic heterocycles. The second-order valence-electron chi connectivity index (χ2n) is 5.25. The van der Waals surface area contributed by atoms with E-state index in [1.54, 1.807) is 12.3 Å². The van der Waals surface area contributed by atoms with Crippen molar-refractivity contribution in [1.82, 2.24) is 19.7 Å². The fourth-order valence-electron chi connectivity index (χ4n) is 2.09. The van der Waals surface area contributed by atoms with E-state index in [0.29, 0.717) is 35.5 Å². The van der Waals surface area contributed by atoms with E-state index in [1.807, 2.05) is 6.92 Å². The average molecular weight is 306 g/mol. The highest BCUT2D eigenvalue weighted by Gasteiger charge is 2.23. The molecule has 1 aliphatic rings. The van der Waals surface area contributed by atoms with Gasteiger partial charge in [-0.25, -0.2) is 14.6 Å². The third-order valence-electron chi connectivity index (χ3n) is 3.41. The number of nitrogens with one attached hydrogen (secondary N) is 1. The molecule has 1 N–H and O–H groups in total. The van der Waals surface area contributed by atoms with Crippen molar-refractivity contribution in [3.05, 3.63) is 45.4 Å². The Morgan fingerprint density at radius 2 is 2.29 bits per heavy atom. The molecule has 0 radical (unpaired) electrons. The molecule has 1 fully saturated rings. The summed E-state index contributed by atoms with van der Waals surface area (Å²) in [6.07, 6.45) is 5.54. The van der Waals surface area contributed by atoms with Crippen LogP contribution in [-0.4, -0.2) is 19.7 Å². The first-order valence-electron chi connectivity index (χ1n) is 6.91. The van der Waals surface area contributed by atoms with E-state index in [2.05, 4.69) is 20.4 Å². The number of halogens is 1. The highest BCUT2D eigenvalue weighted by Crippen LogP contribution is 2.30. The number of aryl methyl sites for hydroxylation is 1. The summed E-state index contributed by atoms with van der Waals surface area (Å²) in [4.78, 5) is 20.7. The van der Waals surface area contributed by atoms with Crippen molar-refractivity contribution in [2.45, 2.75) is 32.9 Å². The van der Waals surface area contributed by atoms with Gasteiger partial charge in [0.05, 0.1) is 23.5 Å². The maximum absolute atomic E-state index is 12.4. The summed E-state index contributed by atoms with van der Waals surface area (Å²) in [5.74, 6) is 1.27. The van der Waals surface area contributed by atoms with Crippen molar-refractivity contribution in [3.63, 3.8) is 0 Å². The first-order chi connectivity index (χ1) is 10.1. The van der Waals surface area contributed by atoms with Gasteiger partial charge in [0, 0.05) is 12.7 Å². The van der Waals surface area contributed by atoms with Crippen LogP contribution in [0.4, 0.5) is 5.69 Å². The summed E-state index contributed by atoms with van der Waals surface area (Å²) in [6.45, 7) is 2.91. The number of nitrogens with zero attached hydrogens (tertiary/aromatic N) is 4. The van der Waals surface area contributed by atoms with Crippen molar-refractivity contribution < 1.29 is 0 Å². The van der Waals surface area contributed by atoms with Crippen LogP contribution < -0.4 is 10.9 Å². The lowest BCUT2D eigenvalue weighted by atomic mass is 10.3. The largest absolute Gasteiger partial charge is 0.374 e. The highest BCUT2D eigenvalue weighted by atomic mass is 35.5. The first kappa shape index (κ1) is 14.0. The molecule has 21 heavy (non-hydrogen) atoms. The Morgan fingerprint density at radius 1 is 1.48 bits per heavy atom. The normalized spacial score (nSPS) is 14.2. The quantitative estimate of drug-likeness (QED) is 0.915. The fraction of sp³-hybridized carbons (Fsp3) is 0.429. The van der Waals surface area contributed by atoms with E-state index in [4.69, 9.17) is 11.6 Å². The molecule has 0 unspecified atom stereocenters. The van der Waals surface area contributed by atoms with Gasteiger partial charge in [0.2, 0.25) is 0 Å². The topological polar surface area (TPSA) is 72.7 Å². The minimum atomic E-state index is -0.180. The molecule has 0 atom stereocenters. The minimum absolute atomic E-state index is 0.180. The van der Waals surface area contributed by atoms with Crippen molar-refractivity contribution in [3.8, 4) is 0 Å². The molecular weight excluding hydrogens is 290 g/mol. The lowest BCUT2D eigenvalue weighted by Crippen LogP contribution is -2.26. The molecular formula is C14H16ClN5O. The average Bonchev–Trinajstić information content (AvgIpc) is 3.26. The first-order valence-corrected chi connectivity index (χ1v) is 7.29. The summed E-state index contributed by atoms with van der Waals surface area (Å²) >= 11 is 6.08. The molecule has 0 aliphatic heterocycles. The van der Waals surface area contributed by atoms with Crippen LogP contribution in [-0.2, 0) is 13.1 Å². The van der Waals surface area contributed by atoms with Crippen LogP contribution in [0.1, 0.15) is 24.4 Å². The standard InChI is InChI=1S/C14H16ClN5O/c1-9-16-5-4-11(19-9)6-17-13-12(15)7-18-20(14(13)21)8-10-2-3-10/h4-5,7,10,17H,2-3,6,8H2,1H3. The predicted molar refractivity (Wildman–Crippen MR) is 80.3 cm³/mol. The van der Waals surface area contributed by atoms with Gasteiger partial charge in [0.15, 0.2) is 0 Å². The van der Waals surface area contributed by atoms with E-state index < -0.39 is 0 Å². The van der Waals surface area contributed by atoms with Crippen molar-refractivity contribution in [1.29, 1.82) is 0 Å². The lowest BCUT2D eigenvalue weighted by molar-refractivity contribution is 0.534. The third kappa shape index (κ3) is 3.39. The van der Waals surface area contributed by atoms with Crippen LogP contribution in [0.5, 0.6) is 0 Å². The molecule has 0 spiro atoms. The summed E-state index contributed by atoms with van der Waals surface area (Å²) in [7, 11) is 0. The Hall–Kier alpha value is -1.95. The number of hydrogen-bond acceptors (Lipinski definition) is 5. The van der Waals surface area contributed by atoms with Gasteiger partial charge in [0.1, 0.15) is 11.5 Å². The molecule has 2 aromatic rings. The van der Waals surface area contributed by atoms with Crippen LogP contribution in [0.15, 0.2) is 23.3 Å². The van der Waals surface area contributed by atoms with Gasteiger partial charge in [0.25, 0.3) is 5.56 Å². The molecule has 0 aromatic carbocycles. The Morgan fingerprint density at radius 3 is 3.00 bits per heavy atom. The zero-order valence-electron chi connectivity index (χ0n) is 11.7. The SMILES string of the molecule is Cc1nccc(CNc2c(Cl)cnn(CC3CC3)c2=O)n1. The zero-order valence-corrected chi connectivity index (χ0v) is 12.5. The van der Waals surface area contributed by atoms with E-state index in [0.717, 1.165) is 5.69 Å². The molecule has 2 heterocycles. The highest BCUT2D eigenvalue weighted by molar-refractivity contribution is 6.32. The Balaban J connectivity index is 1.79. The Bertz CT molecular complexity index is 711. The van der Waals surface area contributed by atoms with E-state index in [9.17, 15) is 4.79 Å². The molecule has 0 amide bonds. The van der Waals surface area contributed by atoms with Crippen LogP contribution in [0.25, 0.3) is 0 Å². The second kappa shape index (κ2) is 5.81. The van der Waals surface area contributed by atoms with Crippen LogP contribution in [0.2, 0.25) is 5.02 Å². The van der Waals surface area contributed by atoms with Crippen LogP contribution >= 0.6 is 11.6 Å². The van der Waals surface area contributed by atoms with Crippen molar-refractivity contribution in [2.75, 3.05) is 5.32 Å². The monoisotopic (exact) mass is 305 g/mol. The Kier molecular flexibility index (Phi) is 3.88. The summed E-state index contributed by atoms with van der Waals surface area (Å²) in [5.41, 5.74) is 1.01. The number of anilines is 1. The van der Waals surface area contributed by atoms with E-state index in [-0.39, 0.29) is 5.56 Å². The number of rotatable bonds is 5. The third-order valence-corrected chi connectivity index (χ3v) is 3.69. The Labute approximate surface area is 127 Å². The van der Waals surface area contributed by atoms with Gasteiger partial charge in [-0.05, 0) is 31.7 Å². The van der Waals surface area contributed by atoms with E-state index in [1.165, 1.54) is 23.7 Å².